The molecule has 0 unspecified atom stereocenters. The molecule has 4 nitrogen and oxygen atoms in total. The largest absolute Gasteiger partial charge is 0.496 e. The molecule has 20 heavy (non-hydrogen) atoms. The second kappa shape index (κ2) is 6.90. The van der Waals surface area contributed by atoms with E-state index in [-0.39, 0.29) is 18.6 Å². The average molecular weight is 340 g/mol. The average Bonchev–Trinajstić information content (AvgIpc) is 2.93. The number of aliphatic hydroxyl groups is 1. The van der Waals surface area contributed by atoms with Crippen molar-refractivity contribution in [1.29, 1.82) is 0 Å². The summed E-state index contributed by atoms with van der Waals surface area (Å²) in [5.74, 6) is 0.654. The van der Waals surface area contributed by atoms with E-state index >= 15 is 0 Å². The summed E-state index contributed by atoms with van der Waals surface area (Å²) in [7, 11) is 1.60. The van der Waals surface area contributed by atoms with Crippen LogP contribution in [0.1, 0.15) is 18.4 Å². The number of halogens is 1. The lowest BCUT2D eigenvalue weighted by Gasteiger charge is -2.21. The number of aliphatic hydroxyl groups excluding tert-OH is 1. The first kappa shape index (κ1) is 15.1. The number of hydrogen-bond donors (Lipinski definition) is 1. The molecule has 1 amide bonds. The number of hydrogen-bond acceptors (Lipinski definition) is 3. The normalized spacial score (nSPS) is 18.8. The monoisotopic (exact) mass is 339 g/mol. The molecule has 2 rings (SSSR count). The van der Waals surface area contributed by atoms with Crippen LogP contribution in [0.4, 0.5) is 0 Å². The highest BCUT2D eigenvalue weighted by Gasteiger charge is 2.26. The fourth-order valence-corrected chi connectivity index (χ4v) is 2.79. The maximum Gasteiger partial charge on any atom is 0.246 e. The molecule has 1 aromatic carbocycles. The quantitative estimate of drug-likeness (QED) is 0.857. The van der Waals surface area contributed by atoms with E-state index in [1.54, 1.807) is 18.1 Å². The van der Waals surface area contributed by atoms with Crippen molar-refractivity contribution < 1.29 is 14.6 Å². The summed E-state index contributed by atoms with van der Waals surface area (Å²) >= 11 is 3.40. The fourth-order valence-electron chi connectivity index (χ4n) is 2.41. The molecule has 1 aliphatic rings. The van der Waals surface area contributed by atoms with Gasteiger partial charge in [0.05, 0.1) is 19.8 Å². The van der Waals surface area contributed by atoms with E-state index in [0.717, 1.165) is 28.6 Å². The number of methoxy groups -OCH3 is 1. The Hall–Kier alpha value is -1.33. The Balaban J connectivity index is 2.12. The van der Waals surface area contributed by atoms with Crippen molar-refractivity contribution in [3.63, 3.8) is 0 Å². The predicted molar refractivity (Wildman–Crippen MR) is 81.5 cm³/mol. The molecular weight excluding hydrogens is 322 g/mol. The van der Waals surface area contributed by atoms with Crippen molar-refractivity contribution >= 4 is 27.9 Å². The molecule has 108 valence electrons. The summed E-state index contributed by atoms with van der Waals surface area (Å²) < 4.78 is 6.19. The summed E-state index contributed by atoms with van der Waals surface area (Å²) in [4.78, 5) is 13.9. The van der Waals surface area contributed by atoms with Gasteiger partial charge in [0.15, 0.2) is 0 Å². The van der Waals surface area contributed by atoms with Gasteiger partial charge in [-0.25, -0.2) is 0 Å². The first-order valence-corrected chi connectivity index (χ1v) is 7.38. The summed E-state index contributed by atoms with van der Waals surface area (Å²) in [6, 6.07) is 5.59. The Kier molecular flexibility index (Phi) is 5.20. The van der Waals surface area contributed by atoms with Crippen LogP contribution < -0.4 is 4.74 Å². The molecule has 0 bridgehead atoms. The van der Waals surface area contributed by atoms with Crippen LogP contribution >= 0.6 is 15.9 Å². The lowest BCUT2D eigenvalue weighted by atomic mass is 10.2. The van der Waals surface area contributed by atoms with Crippen molar-refractivity contribution in [1.82, 2.24) is 4.90 Å². The third-order valence-electron chi connectivity index (χ3n) is 3.47. The van der Waals surface area contributed by atoms with Gasteiger partial charge < -0.3 is 14.7 Å². The number of benzene rings is 1. The number of rotatable bonds is 4. The molecule has 0 aromatic heterocycles. The number of nitrogens with zero attached hydrogens (tertiary/aromatic N) is 1. The molecule has 0 radical (unpaired) electrons. The van der Waals surface area contributed by atoms with E-state index in [0.29, 0.717) is 6.54 Å². The van der Waals surface area contributed by atoms with Crippen LogP contribution in [-0.4, -0.2) is 42.2 Å². The van der Waals surface area contributed by atoms with Gasteiger partial charge in [0.25, 0.3) is 0 Å². The van der Waals surface area contributed by atoms with Crippen LogP contribution in [0.25, 0.3) is 6.08 Å². The molecule has 1 N–H and O–H groups in total. The van der Waals surface area contributed by atoms with E-state index in [9.17, 15) is 9.90 Å². The molecule has 1 aliphatic heterocycles. The van der Waals surface area contributed by atoms with Gasteiger partial charge >= 0.3 is 0 Å². The Labute approximate surface area is 127 Å². The number of ether oxygens (including phenoxy) is 1. The van der Waals surface area contributed by atoms with Crippen LogP contribution in [0.2, 0.25) is 0 Å². The summed E-state index contributed by atoms with van der Waals surface area (Å²) in [6.07, 6.45) is 5.11. The van der Waals surface area contributed by atoms with E-state index in [2.05, 4.69) is 15.9 Å². The number of carbonyl (C=O) groups excluding carboxylic acids is 1. The predicted octanol–water partition coefficient (Wildman–Crippen LogP) is 2.45. The molecule has 1 heterocycles. The molecule has 1 fully saturated rings. The zero-order valence-corrected chi connectivity index (χ0v) is 13.0. The molecule has 1 saturated heterocycles. The standard InChI is InChI=1S/C15H18BrNO3/c1-20-14-6-5-12(16)9-11(14)4-7-15(19)17-8-2-3-13(17)10-18/h4-7,9,13,18H,2-3,8,10H2,1H3/t13-/m0/s1. The molecule has 1 atom stereocenters. The van der Waals surface area contributed by atoms with Gasteiger partial charge in [-0.1, -0.05) is 15.9 Å². The van der Waals surface area contributed by atoms with Crippen molar-refractivity contribution in [2.24, 2.45) is 0 Å². The summed E-state index contributed by atoms with van der Waals surface area (Å²) in [6.45, 7) is 0.740. The highest BCUT2D eigenvalue weighted by Crippen LogP contribution is 2.24. The first-order chi connectivity index (χ1) is 9.65. The zero-order chi connectivity index (χ0) is 14.5. The van der Waals surface area contributed by atoms with Crippen LogP contribution in [0.3, 0.4) is 0 Å². The van der Waals surface area contributed by atoms with Gasteiger partial charge in [-0.05, 0) is 37.1 Å². The van der Waals surface area contributed by atoms with Gasteiger partial charge in [-0.2, -0.15) is 0 Å². The summed E-state index contributed by atoms with van der Waals surface area (Å²) in [5.41, 5.74) is 0.843. The molecule has 0 spiro atoms. The minimum absolute atomic E-state index is 0.0276. The van der Waals surface area contributed by atoms with Crippen molar-refractivity contribution in [3.8, 4) is 5.75 Å². The fraction of sp³-hybridized carbons (Fsp3) is 0.400. The van der Waals surface area contributed by atoms with E-state index in [1.807, 2.05) is 18.2 Å². The van der Waals surface area contributed by atoms with E-state index in [4.69, 9.17) is 4.74 Å². The van der Waals surface area contributed by atoms with E-state index < -0.39 is 0 Å². The second-order valence-corrected chi connectivity index (χ2v) is 5.65. The Bertz CT molecular complexity index is 516. The highest BCUT2D eigenvalue weighted by molar-refractivity contribution is 9.10. The Morgan fingerprint density at radius 1 is 1.60 bits per heavy atom. The third kappa shape index (κ3) is 3.41. The van der Waals surface area contributed by atoms with Gasteiger partial charge in [0.1, 0.15) is 5.75 Å². The van der Waals surface area contributed by atoms with Gasteiger partial charge in [0.2, 0.25) is 5.91 Å². The first-order valence-electron chi connectivity index (χ1n) is 6.58. The molecule has 0 aliphatic carbocycles. The zero-order valence-electron chi connectivity index (χ0n) is 11.4. The van der Waals surface area contributed by atoms with Gasteiger partial charge in [-0.15, -0.1) is 0 Å². The molecule has 5 heteroatoms. The molecule has 1 aromatic rings. The Morgan fingerprint density at radius 3 is 3.10 bits per heavy atom. The van der Waals surface area contributed by atoms with Crippen LogP contribution in [0.15, 0.2) is 28.7 Å². The lowest BCUT2D eigenvalue weighted by molar-refractivity contribution is -0.127. The van der Waals surface area contributed by atoms with Crippen LogP contribution in [0, 0.1) is 0 Å². The van der Waals surface area contributed by atoms with Crippen molar-refractivity contribution in [2.45, 2.75) is 18.9 Å². The Morgan fingerprint density at radius 2 is 2.40 bits per heavy atom. The second-order valence-electron chi connectivity index (χ2n) is 4.73. The third-order valence-corrected chi connectivity index (χ3v) is 3.96. The molecule has 0 saturated carbocycles. The number of likely N-dealkylation sites (tertiary alicyclic amines) is 1. The van der Waals surface area contributed by atoms with Gasteiger partial charge in [0, 0.05) is 22.7 Å². The molecular formula is C15H18BrNO3. The van der Waals surface area contributed by atoms with Crippen molar-refractivity contribution in [3.05, 3.63) is 34.3 Å². The minimum Gasteiger partial charge on any atom is -0.496 e. The van der Waals surface area contributed by atoms with E-state index in [1.165, 1.54) is 6.08 Å². The maximum atomic E-state index is 12.1. The minimum atomic E-state index is -0.0661. The van der Waals surface area contributed by atoms with Gasteiger partial charge in [-0.3, -0.25) is 4.79 Å². The number of carbonyl (C=O) groups is 1. The number of amides is 1. The van der Waals surface area contributed by atoms with Crippen LogP contribution in [0.5, 0.6) is 5.75 Å². The van der Waals surface area contributed by atoms with Crippen LogP contribution in [-0.2, 0) is 4.79 Å². The topological polar surface area (TPSA) is 49.8 Å². The SMILES string of the molecule is COc1ccc(Br)cc1C=CC(=O)N1CCC[C@H]1CO. The van der Waals surface area contributed by atoms with Crippen molar-refractivity contribution in [2.75, 3.05) is 20.3 Å². The lowest BCUT2D eigenvalue weighted by Crippen LogP contribution is -2.36. The highest BCUT2D eigenvalue weighted by atomic mass is 79.9. The summed E-state index contributed by atoms with van der Waals surface area (Å²) in [5, 5.41) is 9.24. The maximum absolute atomic E-state index is 12.1. The smallest absolute Gasteiger partial charge is 0.246 e.